The number of esters is 1. The maximum absolute atomic E-state index is 11.2. The van der Waals surface area contributed by atoms with Crippen molar-refractivity contribution in [1.29, 1.82) is 0 Å². The lowest BCUT2D eigenvalue weighted by Crippen LogP contribution is -2.09. The SMILES string of the molecule is C=C(C)C(=O)OCCCCCCOC(O)/C=C/c1ccc(C(=O)O)cc1. The summed E-state index contributed by atoms with van der Waals surface area (Å²) in [6.45, 7) is 5.94. The Bertz CT molecular complexity index is 618. The van der Waals surface area contributed by atoms with Gasteiger partial charge in [0.25, 0.3) is 0 Å². The van der Waals surface area contributed by atoms with Crippen LogP contribution in [0.1, 0.15) is 48.5 Å². The van der Waals surface area contributed by atoms with Crippen molar-refractivity contribution in [3.63, 3.8) is 0 Å². The van der Waals surface area contributed by atoms with Crippen LogP contribution in [0.3, 0.4) is 0 Å². The van der Waals surface area contributed by atoms with Crippen LogP contribution in [0.2, 0.25) is 0 Å². The van der Waals surface area contributed by atoms with Gasteiger partial charge in [-0.15, -0.1) is 0 Å². The van der Waals surface area contributed by atoms with E-state index in [1.165, 1.54) is 18.2 Å². The summed E-state index contributed by atoms with van der Waals surface area (Å²) in [5, 5.41) is 18.6. The standard InChI is InChI=1S/C20H26O6/c1-15(2)20(24)26-14-6-4-3-5-13-25-18(21)12-9-16-7-10-17(11-8-16)19(22)23/h7-12,18,21H,1,3-6,13-14H2,2H3,(H,22,23)/b12-9+. The molecule has 0 heterocycles. The predicted molar refractivity (Wildman–Crippen MR) is 98.6 cm³/mol. The number of aromatic carboxylic acids is 1. The number of carbonyl (C=O) groups is 2. The molecule has 6 nitrogen and oxygen atoms in total. The van der Waals surface area contributed by atoms with E-state index in [0.29, 0.717) is 18.8 Å². The van der Waals surface area contributed by atoms with E-state index in [9.17, 15) is 14.7 Å². The van der Waals surface area contributed by atoms with Crippen LogP contribution >= 0.6 is 0 Å². The third-order valence-corrected chi connectivity index (χ3v) is 3.52. The fourth-order valence-corrected chi connectivity index (χ4v) is 2.04. The van der Waals surface area contributed by atoms with Crippen LogP contribution in [-0.2, 0) is 14.3 Å². The molecule has 1 unspecified atom stereocenters. The molecule has 1 atom stereocenters. The van der Waals surface area contributed by atoms with Gasteiger partial charge in [-0.1, -0.05) is 31.2 Å². The van der Waals surface area contributed by atoms with Crippen LogP contribution in [0, 0.1) is 0 Å². The summed E-state index contributed by atoms with van der Waals surface area (Å²) in [5.41, 5.74) is 1.40. The number of hydrogen-bond acceptors (Lipinski definition) is 5. The van der Waals surface area contributed by atoms with Crippen molar-refractivity contribution < 1.29 is 29.3 Å². The third-order valence-electron chi connectivity index (χ3n) is 3.52. The second-order valence-corrected chi connectivity index (χ2v) is 5.88. The first-order valence-electron chi connectivity index (χ1n) is 8.54. The highest BCUT2D eigenvalue weighted by molar-refractivity contribution is 5.87. The smallest absolute Gasteiger partial charge is 0.335 e. The lowest BCUT2D eigenvalue weighted by molar-refractivity contribution is -0.139. The van der Waals surface area contributed by atoms with E-state index in [1.54, 1.807) is 25.1 Å². The van der Waals surface area contributed by atoms with E-state index in [0.717, 1.165) is 31.2 Å². The molecule has 0 aliphatic heterocycles. The Hall–Kier alpha value is -2.44. The van der Waals surface area contributed by atoms with Crippen molar-refractivity contribution in [2.45, 2.75) is 38.9 Å². The minimum absolute atomic E-state index is 0.216. The Labute approximate surface area is 153 Å². The number of hydrogen-bond donors (Lipinski definition) is 2. The summed E-state index contributed by atoms with van der Waals surface area (Å²) >= 11 is 0. The number of carboxylic acid groups (broad SMARTS) is 1. The van der Waals surface area contributed by atoms with Crippen molar-refractivity contribution in [2.24, 2.45) is 0 Å². The second-order valence-electron chi connectivity index (χ2n) is 5.88. The Kier molecular flexibility index (Phi) is 9.97. The molecule has 0 saturated carbocycles. The van der Waals surface area contributed by atoms with E-state index in [2.05, 4.69) is 6.58 Å². The van der Waals surface area contributed by atoms with Gasteiger partial charge in [0.2, 0.25) is 0 Å². The molecule has 2 N–H and O–H groups in total. The number of carboxylic acids is 1. The quantitative estimate of drug-likeness (QED) is 0.256. The fourth-order valence-electron chi connectivity index (χ4n) is 2.04. The molecular formula is C20H26O6. The maximum Gasteiger partial charge on any atom is 0.335 e. The molecule has 0 bridgehead atoms. The van der Waals surface area contributed by atoms with Gasteiger partial charge in [0.1, 0.15) is 0 Å². The molecule has 0 aromatic heterocycles. The number of benzene rings is 1. The molecule has 6 heteroatoms. The van der Waals surface area contributed by atoms with E-state index in [4.69, 9.17) is 14.6 Å². The van der Waals surface area contributed by atoms with E-state index >= 15 is 0 Å². The van der Waals surface area contributed by atoms with Gasteiger partial charge in [-0.25, -0.2) is 9.59 Å². The van der Waals surface area contributed by atoms with Crippen LogP contribution in [0.4, 0.5) is 0 Å². The molecule has 0 saturated heterocycles. The van der Waals surface area contributed by atoms with Gasteiger partial charge in [0.05, 0.1) is 18.8 Å². The van der Waals surface area contributed by atoms with Crippen molar-refractivity contribution in [2.75, 3.05) is 13.2 Å². The molecule has 0 aliphatic carbocycles. The lowest BCUT2D eigenvalue weighted by atomic mass is 10.1. The topological polar surface area (TPSA) is 93.1 Å². The van der Waals surface area contributed by atoms with Crippen LogP contribution in [-0.4, -0.2) is 41.7 Å². The highest BCUT2D eigenvalue weighted by Gasteiger charge is 2.03. The zero-order valence-electron chi connectivity index (χ0n) is 15.0. The molecule has 1 aromatic rings. The van der Waals surface area contributed by atoms with Gasteiger partial charge >= 0.3 is 11.9 Å². The summed E-state index contributed by atoms with van der Waals surface area (Å²) < 4.78 is 10.3. The number of aliphatic hydroxyl groups is 1. The minimum Gasteiger partial charge on any atom is -0.478 e. The summed E-state index contributed by atoms with van der Waals surface area (Å²) in [6.07, 6.45) is 5.58. The first kappa shape index (κ1) is 21.6. The van der Waals surface area contributed by atoms with Crippen molar-refractivity contribution in [1.82, 2.24) is 0 Å². The van der Waals surface area contributed by atoms with Crippen LogP contribution in [0.25, 0.3) is 6.08 Å². The minimum atomic E-state index is -1.01. The zero-order valence-corrected chi connectivity index (χ0v) is 15.0. The molecule has 1 aromatic carbocycles. The van der Waals surface area contributed by atoms with Crippen molar-refractivity contribution in [3.05, 3.63) is 53.6 Å². The zero-order chi connectivity index (χ0) is 19.4. The maximum atomic E-state index is 11.2. The van der Waals surface area contributed by atoms with Gasteiger partial charge in [-0.3, -0.25) is 0 Å². The molecular weight excluding hydrogens is 336 g/mol. The van der Waals surface area contributed by atoms with Gasteiger partial charge < -0.3 is 19.7 Å². The van der Waals surface area contributed by atoms with Crippen LogP contribution in [0.15, 0.2) is 42.5 Å². The summed E-state index contributed by atoms with van der Waals surface area (Å²) in [7, 11) is 0. The normalized spacial score (nSPS) is 12.1. The number of carbonyl (C=O) groups excluding carboxylic acids is 1. The van der Waals surface area contributed by atoms with Gasteiger partial charge in [-0.2, -0.15) is 0 Å². The number of aliphatic hydroxyl groups excluding tert-OH is 1. The molecule has 0 radical (unpaired) electrons. The Morgan fingerprint density at radius 2 is 1.73 bits per heavy atom. The lowest BCUT2D eigenvalue weighted by Gasteiger charge is -2.08. The fraction of sp³-hybridized carbons (Fsp3) is 0.400. The highest BCUT2D eigenvalue weighted by Crippen LogP contribution is 2.08. The van der Waals surface area contributed by atoms with Gasteiger partial charge in [0.15, 0.2) is 6.29 Å². The molecule has 26 heavy (non-hydrogen) atoms. The molecule has 0 aliphatic rings. The molecule has 142 valence electrons. The first-order chi connectivity index (χ1) is 12.4. The predicted octanol–water partition coefficient (Wildman–Crippen LogP) is 3.41. The molecule has 0 spiro atoms. The third kappa shape index (κ3) is 9.15. The Morgan fingerprint density at radius 3 is 2.31 bits per heavy atom. The summed E-state index contributed by atoms with van der Waals surface area (Å²) in [4.78, 5) is 21.9. The number of unbranched alkanes of at least 4 members (excludes halogenated alkanes) is 3. The van der Waals surface area contributed by atoms with Gasteiger partial charge in [0, 0.05) is 5.57 Å². The van der Waals surface area contributed by atoms with E-state index < -0.39 is 12.3 Å². The van der Waals surface area contributed by atoms with Gasteiger partial charge in [-0.05, 0) is 50.0 Å². The monoisotopic (exact) mass is 362 g/mol. The van der Waals surface area contributed by atoms with E-state index in [-0.39, 0.29) is 11.5 Å². The Balaban J connectivity index is 2.11. The molecule has 0 amide bonds. The molecule has 1 rings (SSSR count). The molecule has 0 fully saturated rings. The Morgan fingerprint density at radius 1 is 1.12 bits per heavy atom. The second kappa shape index (κ2) is 12.0. The van der Waals surface area contributed by atoms with Crippen LogP contribution in [0.5, 0.6) is 0 Å². The largest absolute Gasteiger partial charge is 0.478 e. The van der Waals surface area contributed by atoms with Crippen molar-refractivity contribution >= 4 is 18.0 Å². The first-order valence-corrected chi connectivity index (χ1v) is 8.54. The van der Waals surface area contributed by atoms with Crippen LogP contribution < -0.4 is 0 Å². The summed E-state index contributed by atoms with van der Waals surface area (Å²) in [6, 6.07) is 6.33. The number of rotatable bonds is 12. The van der Waals surface area contributed by atoms with E-state index in [1.807, 2.05) is 0 Å². The average molecular weight is 362 g/mol. The average Bonchev–Trinajstić information content (AvgIpc) is 2.62. The highest BCUT2D eigenvalue weighted by atomic mass is 16.6. The van der Waals surface area contributed by atoms with Crippen molar-refractivity contribution in [3.8, 4) is 0 Å². The number of ether oxygens (including phenoxy) is 2. The summed E-state index contributed by atoms with van der Waals surface area (Å²) in [5.74, 6) is -1.33.